The van der Waals surface area contributed by atoms with Crippen molar-refractivity contribution in [2.45, 2.75) is 26.1 Å². The fourth-order valence-electron chi connectivity index (χ4n) is 3.21. The first kappa shape index (κ1) is 22.4. The van der Waals surface area contributed by atoms with Crippen LogP contribution in [-0.4, -0.2) is 32.2 Å². The second-order valence-corrected chi connectivity index (χ2v) is 6.61. The Morgan fingerprint density at radius 1 is 1.03 bits per heavy atom. The van der Waals surface area contributed by atoms with Gasteiger partial charge in [-0.15, -0.1) is 0 Å². The maximum atomic E-state index is 14.3. The maximum Gasteiger partial charge on any atom is 0.387 e. The van der Waals surface area contributed by atoms with E-state index in [0.29, 0.717) is 5.69 Å². The number of ether oxygens (including phenoxy) is 2. The van der Waals surface area contributed by atoms with Crippen molar-refractivity contribution in [3.8, 4) is 11.5 Å². The molecule has 0 atom stereocenters. The number of hydrogen-bond donors (Lipinski definition) is 1. The van der Waals surface area contributed by atoms with Gasteiger partial charge in [0, 0.05) is 30.8 Å². The van der Waals surface area contributed by atoms with E-state index in [9.17, 15) is 26.7 Å². The highest BCUT2D eigenvalue weighted by atomic mass is 19.3. The van der Waals surface area contributed by atoms with Crippen LogP contribution in [0.4, 0.5) is 33.3 Å². The zero-order valence-electron chi connectivity index (χ0n) is 16.2. The summed E-state index contributed by atoms with van der Waals surface area (Å²) in [6.45, 7) is -4.88. The van der Waals surface area contributed by atoms with Crippen LogP contribution in [0.3, 0.4) is 0 Å². The summed E-state index contributed by atoms with van der Waals surface area (Å²) >= 11 is 0. The summed E-state index contributed by atoms with van der Waals surface area (Å²) in [5, 5.41) is 2.47. The summed E-state index contributed by atoms with van der Waals surface area (Å²) in [6.07, 6.45) is 4.07. The van der Waals surface area contributed by atoms with E-state index in [2.05, 4.69) is 14.8 Å². The number of hydrogen-bond acceptors (Lipinski definition) is 4. The number of amides is 1. The van der Waals surface area contributed by atoms with Gasteiger partial charge in [0.05, 0.1) is 5.69 Å². The van der Waals surface area contributed by atoms with Gasteiger partial charge in [-0.25, -0.2) is 4.39 Å². The molecule has 0 aliphatic carbocycles. The first-order valence-corrected chi connectivity index (χ1v) is 9.39. The highest BCUT2D eigenvalue weighted by Crippen LogP contribution is 2.32. The molecule has 1 aliphatic rings. The maximum absolute atomic E-state index is 14.3. The summed E-state index contributed by atoms with van der Waals surface area (Å²) in [6, 6.07) is 7.62. The Morgan fingerprint density at radius 3 is 2.42 bits per heavy atom. The smallest absolute Gasteiger partial charge is 0.387 e. The van der Waals surface area contributed by atoms with E-state index in [0.717, 1.165) is 50.2 Å². The molecule has 1 N–H and O–H groups in total. The lowest BCUT2D eigenvalue weighted by Gasteiger charge is -2.21. The SMILES string of the molecule is O=C(/C=C/c1ccc(OC(F)F)cc1OC(F)F)Nc1c(F)cccc1N1CCCC1. The molecular formula is C21H19F5N2O3. The Bertz CT molecular complexity index is 947. The minimum Gasteiger partial charge on any atom is -0.435 e. The van der Waals surface area contributed by atoms with Crippen LogP contribution in [0, 0.1) is 5.82 Å². The lowest BCUT2D eigenvalue weighted by atomic mass is 10.1. The zero-order valence-corrected chi connectivity index (χ0v) is 16.2. The van der Waals surface area contributed by atoms with E-state index in [1.54, 1.807) is 12.1 Å². The minimum atomic E-state index is -3.22. The number of anilines is 2. The largest absolute Gasteiger partial charge is 0.435 e. The van der Waals surface area contributed by atoms with Crippen molar-refractivity contribution in [2.24, 2.45) is 0 Å². The van der Waals surface area contributed by atoms with E-state index >= 15 is 0 Å². The van der Waals surface area contributed by atoms with Crippen molar-refractivity contribution in [3.63, 3.8) is 0 Å². The van der Waals surface area contributed by atoms with Crippen molar-refractivity contribution in [1.82, 2.24) is 0 Å². The molecule has 2 aromatic carbocycles. The predicted molar refractivity (Wildman–Crippen MR) is 105 cm³/mol. The summed E-state index contributed by atoms with van der Waals surface area (Å²) in [7, 11) is 0. The van der Waals surface area contributed by atoms with Crippen LogP contribution >= 0.6 is 0 Å². The van der Waals surface area contributed by atoms with E-state index in [4.69, 9.17) is 0 Å². The Morgan fingerprint density at radius 2 is 1.74 bits per heavy atom. The van der Waals surface area contributed by atoms with Crippen molar-refractivity contribution in [3.05, 3.63) is 53.9 Å². The molecule has 1 heterocycles. The van der Waals surface area contributed by atoms with E-state index in [1.165, 1.54) is 12.1 Å². The Labute approximate surface area is 175 Å². The number of carbonyl (C=O) groups is 1. The van der Waals surface area contributed by atoms with Crippen molar-refractivity contribution < 1.29 is 36.2 Å². The van der Waals surface area contributed by atoms with E-state index in [-0.39, 0.29) is 17.0 Å². The molecule has 2 aromatic rings. The zero-order chi connectivity index (χ0) is 22.4. The molecule has 166 valence electrons. The van der Waals surface area contributed by atoms with Gasteiger partial charge in [-0.05, 0) is 43.2 Å². The average molecular weight is 442 g/mol. The summed E-state index contributed by atoms with van der Waals surface area (Å²) in [4.78, 5) is 14.3. The highest BCUT2D eigenvalue weighted by Gasteiger charge is 2.19. The van der Waals surface area contributed by atoms with Crippen LogP contribution in [0.15, 0.2) is 42.5 Å². The van der Waals surface area contributed by atoms with Crippen LogP contribution in [0.25, 0.3) is 6.08 Å². The van der Waals surface area contributed by atoms with Gasteiger partial charge in [0.1, 0.15) is 23.0 Å². The van der Waals surface area contributed by atoms with Gasteiger partial charge in [0.25, 0.3) is 0 Å². The predicted octanol–water partition coefficient (Wildman–Crippen LogP) is 5.28. The number of nitrogens with zero attached hydrogens (tertiary/aromatic N) is 1. The Hall–Kier alpha value is -3.30. The molecule has 0 unspecified atom stereocenters. The molecular weight excluding hydrogens is 423 g/mol. The molecule has 1 saturated heterocycles. The lowest BCUT2D eigenvalue weighted by Crippen LogP contribution is -2.21. The quantitative estimate of drug-likeness (QED) is 0.447. The van der Waals surface area contributed by atoms with Crippen LogP contribution in [0.1, 0.15) is 18.4 Å². The fraction of sp³-hybridized carbons (Fsp3) is 0.286. The molecule has 0 aromatic heterocycles. The Kier molecular flexibility index (Phi) is 7.32. The molecule has 0 spiro atoms. The molecule has 0 saturated carbocycles. The third-order valence-electron chi connectivity index (χ3n) is 4.53. The van der Waals surface area contributed by atoms with Gasteiger partial charge >= 0.3 is 13.2 Å². The van der Waals surface area contributed by atoms with E-state index in [1.807, 2.05) is 4.90 Å². The second-order valence-electron chi connectivity index (χ2n) is 6.61. The second kappa shape index (κ2) is 10.1. The number of nitrogens with one attached hydrogen (secondary N) is 1. The van der Waals surface area contributed by atoms with Crippen molar-refractivity contribution in [2.75, 3.05) is 23.3 Å². The van der Waals surface area contributed by atoms with Gasteiger partial charge < -0.3 is 19.7 Å². The number of alkyl halides is 4. The van der Waals surface area contributed by atoms with Crippen LogP contribution < -0.4 is 19.7 Å². The third kappa shape index (κ3) is 6.09. The van der Waals surface area contributed by atoms with Crippen molar-refractivity contribution >= 4 is 23.4 Å². The van der Waals surface area contributed by atoms with E-state index < -0.39 is 30.7 Å². The first-order chi connectivity index (χ1) is 14.8. The number of rotatable bonds is 8. The molecule has 10 heteroatoms. The van der Waals surface area contributed by atoms with Crippen LogP contribution in [0.5, 0.6) is 11.5 Å². The monoisotopic (exact) mass is 442 g/mol. The topological polar surface area (TPSA) is 50.8 Å². The standard InChI is InChI=1S/C21H19F5N2O3/c22-15-4-3-5-16(28-10-1-2-11-28)19(15)27-18(29)9-7-13-6-8-14(30-20(23)24)12-17(13)31-21(25)26/h3-9,12,20-21H,1-2,10-11H2,(H,27,29)/b9-7+. The molecule has 1 aliphatic heterocycles. The normalized spacial score (nSPS) is 14.0. The Balaban J connectivity index is 1.78. The number of benzene rings is 2. The lowest BCUT2D eigenvalue weighted by molar-refractivity contribution is -0.111. The number of halogens is 5. The van der Waals surface area contributed by atoms with Gasteiger partial charge in [-0.1, -0.05) is 6.07 Å². The van der Waals surface area contributed by atoms with Crippen LogP contribution in [0.2, 0.25) is 0 Å². The third-order valence-corrected chi connectivity index (χ3v) is 4.53. The summed E-state index contributed by atoms with van der Waals surface area (Å²) in [5.41, 5.74) is 0.587. The average Bonchev–Trinajstić information content (AvgIpc) is 3.22. The molecule has 0 radical (unpaired) electrons. The fourth-order valence-corrected chi connectivity index (χ4v) is 3.21. The number of carbonyl (C=O) groups excluding carboxylic acids is 1. The first-order valence-electron chi connectivity index (χ1n) is 9.39. The minimum absolute atomic E-state index is 0.0174. The summed E-state index contributed by atoms with van der Waals surface area (Å²) in [5.74, 6) is -2.16. The molecule has 31 heavy (non-hydrogen) atoms. The number of para-hydroxylation sites is 1. The molecule has 1 fully saturated rings. The molecule has 0 bridgehead atoms. The summed E-state index contributed by atoms with van der Waals surface area (Å²) < 4.78 is 72.8. The highest BCUT2D eigenvalue weighted by molar-refractivity contribution is 6.04. The van der Waals surface area contributed by atoms with Gasteiger partial charge in [-0.3, -0.25) is 4.79 Å². The van der Waals surface area contributed by atoms with Crippen LogP contribution in [-0.2, 0) is 4.79 Å². The molecule has 3 rings (SSSR count). The van der Waals surface area contributed by atoms with Gasteiger partial charge in [0.15, 0.2) is 0 Å². The van der Waals surface area contributed by atoms with Crippen molar-refractivity contribution in [1.29, 1.82) is 0 Å². The van der Waals surface area contributed by atoms with Gasteiger partial charge in [-0.2, -0.15) is 17.6 Å². The van der Waals surface area contributed by atoms with Gasteiger partial charge in [0.2, 0.25) is 5.91 Å². The molecule has 5 nitrogen and oxygen atoms in total. The molecule has 1 amide bonds.